The second-order valence-electron chi connectivity index (χ2n) is 9.66. The molecular weight excluding hydrogens is 538 g/mol. The molecule has 2 saturated heterocycles. The van der Waals surface area contributed by atoms with Gasteiger partial charge in [0.15, 0.2) is 5.16 Å². The van der Waals surface area contributed by atoms with E-state index in [-0.39, 0.29) is 11.6 Å². The SMILES string of the molecule is CN1CCN(c2cc(Cl)nc(SCc3ccc(C(=O)N4CCN(c5ccc([N+](=O)[O-])cc5)CC4)cc3)n2)CC1. The molecule has 0 bridgehead atoms. The predicted octanol–water partition coefficient (Wildman–Crippen LogP) is 4.04. The molecule has 2 aliphatic rings. The lowest BCUT2D eigenvalue weighted by molar-refractivity contribution is -0.384. The van der Waals surface area contributed by atoms with Crippen LogP contribution in [0.25, 0.3) is 0 Å². The number of benzene rings is 2. The summed E-state index contributed by atoms with van der Waals surface area (Å²) < 4.78 is 0. The Morgan fingerprint density at radius 1 is 0.923 bits per heavy atom. The minimum Gasteiger partial charge on any atom is -0.368 e. The lowest BCUT2D eigenvalue weighted by atomic mass is 10.1. The first-order valence-corrected chi connectivity index (χ1v) is 14.2. The molecule has 0 N–H and O–H groups in total. The number of nitrogens with zero attached hydrogens (tertiary/aromatic N) is 7. The monoisotopic (exact) mass is 567 g/mol. The molecule has 0 aliphatic carbocycles. The van der Waals surface area contributed by atoms with Crippen LogP contribution < -0.4 is 9.80 Å². The minimum atomic E-state index is -0.402. The Kier molecular flexibility index (Phi) is 8.49. The van der Waals surface area contributed by atoms with Crippen LogP contribution in [0.4, 0.5) is 17.2 Å². The summed E-state index contributed by atoms with van der Waals surface area (Å²) in [6.45, 7) is 6.34. The van der Waals surface area contributed by atoms with Crippen molar-refractivity contribution in [2.45, 2.75) is 10.9 Å². The molecule has 2 aromatic carbocycles. The molecule has 12 heteroatoms. The van der Waals surface area contributed by atoms with Crippen LogP contribution in [0, 0.1) is 10.1 Å². The number of anilines is 2. The Morgan fingerprint density at radius 2 is 1.56 bits per heavy atom. The molecule has 0 atom stereocenters. The summed E-state index contributed by atoms with van der Waals surface area (Å²) in [4.78, 5) is 41.2. The topological polar surface area (TPSA) is 99.0 Å². The largest absolute Gasteiger partial charge is 0.368 e. The van der Waals surface area contributed by atoms with Crippen molar-refractivity contribution in [1.82, 2.24) is 19.8 Å². The second kappa shape index (κ2) is 12.2. The van der Waals surface area contributed by atoms with E-state index < -0.39 is 4.92 Å². The van der Waals surface area contributed by atoms with E-state index in [1.54, 1.807) is 12.1 Å². The highest BCUT2D eigenvalue weighted by Crippen LogP contribution is 2.26. The molecule has 3 heterocycles. The number of halogens is 1. The van der Waals surface area contributed by atoms with Crippen LogP contribution in [-0.4, -0.2) is 90.0 Å². The van der Waals surface area contributed by atoms with Crippen molar-refractivity contribution in [3.63, 3.8) is 0 Å². The minimum absolute atomic E-state index is 0.00699. The number of aromatic nitrogens is 2. The Bertz CT molecular complexity index is 1310. The maximum atomic E-state index is 13.1. The van der Waals surface area contributed by atoms with Crippen LogP contribution in [0.5, 0.6) is 0 Å². The van der Waals surface area contributed by atoms with Crippen molar-refractivity contribution in [3.05, 3.63) is 81.0 Å². The van der Waals surface area contributed by atoms with Crippen molar-refractivity contribution in [1.29, 1.82) is 0 Å². The standard InChI is InChI=1S/C27H30ClN7O3S/c1-31-10-12-33(13-11-31)25-18-24(28)29-27(30-25)39-19-20-2-4-21(5-3-20)26(36)34-16-14-32(15-17-34)22-6-8-23(9-7-22)35(37)38/h2-9,18H,10-17,19H2,1H3. The normalized spacial score (nSPS) is 16.4. The fourth-order valence-corrected chi connectivity index (χ4v) is 5.71. The van der Waals surface area contributed by atoms with Crippen LogP contribution in [0.1, 0.15) is 15.9 Å². The summed E-state index contributed by atoms with van der Waals surface area (Å²) in [5.41, 5.74) is 2.73. The summed E-state index contributed by atoms with van der Waals surface area (Å²) in [6, 6.07) is 16.0. The van der Waals surface area contributed by atoms with E-state index in [1.807, 2.05) is 35.2 Å². The Morgan fingerprint density at radius 3 is 2.21 bits per heavy atom. The van der Waals surface area contributed by atoms with Crippen LogP contribution in [-0.2, 0) is 5.75 Å². The van der Waals surface area contributed by atoms with Crippen molar-refractivity contribution >= 4 is 46.5 Å². The van der Waals surface area contributed by atoms with Gasteiger partial charge in [-0.1, -0.05) is 35.5 Å². The van der Waals surface area contributed by atoms with Gasteiger partial charge in [-0.15, -0.1) is 0 Å². The number of amides is 1. The van der Waals surface area contributed by atoms with E-state index in [9.17, 15) is 14.9 Å². The molecule has 39 heavy (non-hydrogen) atoms. The molecule has 5 rings (SSSR count). The number of non-ortho nitro benzene ring substituents is 1. The van der Waals surface area contributed by atoms with Gasteiger partial charge in [-0.05, 0) is 36.9 Å². The number of likely N-dealkylation sites (N-methyl/N-ethyl adjacent to an activating group) is 1. The Balaban J connectivity index is 1.13. The smallest absolute Gasteiger partial charge is 0.269 e. The number of piperazine rings is 2. The lowest BCUT2D eigenvalue weighted by Gasteiger charge is -2.36. The van der Waals surface area contributed by atoms with E-state index >= 15 is 0 Å². The number of hydrogen-bond donors (Lipinski definition) is 0. The van der Waals surface area contributed by atoms with Gasteiger partial charge >= 0.3 is 0 Å². The summed E-state index contributed by atoms with van der Waals surface area (Å²) in [5, 5.41) is 12.0. The summed E-state index contributed by atoms with van der Waals surface area (Å²) >= 11 is 7.83. The lowest BCUT2D eigenvalue weighted by Crippen LogP contribution is -2.48. The first-order valence-electron chi connectivity index (χ1n) is 12.8. The predicted molar refractivity (Wildman–Crippen MR) is 154 cm³/mol. The van der Waals surface area contributed by atoms with Gasteiger partial charge < -0.3 is 19.6 Å². The van der Waals surface area contributed by atoms with Crippen LogP contribution in [0.3, 0.4) is 0 Å². The number of nitro benzene ring substituents is 1. The highest BCUT2D eigenvalue weighted by Gasteiger charge is 2.23. The number of thioether (sulfide) groups is 1. The average molecular weight is 568 g/mol. The molecule has 1 aromatic heterocycles. The fraction of sp³-hybridized carbons (Fsp3) is 0.370. The quantitative estimate of drug-likeness (QED) is 0.138. The van der Waals surface area contributed by atoms with Crippen molar-refractivity contribution in [3.8, 4) is 0 Å². The van der Waals surface area contributed by atoms with Crippen molar-refractivity contribution < 1.29 is 9.72 Å². The van der Waals surface area contributed by atoms with Crippen molar-refractivity contribution in [2.75, 3.05) is 69.2 Å². The number of rotatable bonds is 7. The van der Waals surface area contributed by atoms with Crippen LogP contribution >= 0.6 is 23.4 Å². The molecule has 0 spiro atoms. The van der Waals surface area contributed by atoms with Gasteiger partial charge in [-0.25, -0.2) is 9.97 Å². The highest BCUT2D eigenvalue weighted by molar-refractivity contribution is 7.98. The third kappa shape index (κ3) is 6.78. The van der Waals surface area contributed by atoms with Crippen molar-refractivity contribution in [2.24, 2.45) is 0 Å². The fourth-order valence-electron chi connectivity index (χ4n) is 4.67. The maximum Gasteiger partial charge on any atom is 0.269 e. The molecule has 1 amide bonds. The van der Waals surface area contributed by atoms with Gasteiger partial charge in [0, 0.05) is 87.6 Å². The van der Waals surface area contributed by atoms with Gasteiger partial charge in [0.05, 0.1) is 4.92 Å². The third-order valence-electron chi connectivity index (χ3n) is 7.05. The van der Waals surface area contributed by atoms with E-state index in [1.165, 1.54) is 23.9 Å². The van der Waals surface area contributed by atoms with E-state index in [4.69, 9.17) is 16.6 Å². The molecule has 0 radical (unpaired) electrons. The third-order valence-corrected chi connectivity index (χ3v) is 8.16. The molecule has 3 aromatic rings. The summed E-state index contributed by atoms with van der Waals surface area (Å²) in [6.07, 6.45) is 0. The zero-order valence-corrected chi connectivity index (χ0v) is 23.3. The van der Waals surface area contributed by atoms with Gasteiger partial charge in [0.25, 0.3) is 11.6 Å². The Labute approximate surface area is 236 Å². The first-order chi connectivity index (χ1) is 18.9. The molecule has 10 nitrogen and oxygen atoms in total. The number of hydrogen-bond acceptors (Lipinski definition) is 9. The van der Waals surface area contributed by atoms with Gasteiger partial charge in [0.1, 0.15) is 11.0 Å². The number of carbonyl (C=O) groups is 1. The zero-order chi connectivity index (χ0) is 27.4. The van der Waals surface area contributed by atoms with Crippen LogP contribution in [0.15, 0.2) is 59.8 Å². The molecular formula is C27H30ClN7O3S. The number of nitro groups is 1. The van der Waals surface area contributed by atoms with E-state index in [0.717, 1.165) is 43.2 Å². The summed E-state index contributed by atoms with van der Waals surface area (Å²) in [7, 11) is 2.12. The molecule has 0 unspecified atom stereocenters. The summed E-state index contributed by atoms with van der Waals surface area (Å²) in [5.74, 6) is 1.54. The van der Waals surface area contributed by atoms with Gasteiger partial charge in [-0.2, -0.15) is 0 Å². The zero-order valence-electron chi connectivity index (χ0n) is 21.7. The van der Waals surface area contributed by atoms with E-state index in [0.29, 0.717) is 47.8 Å². The maximum absolute atomic E-state index is 13.1. The van der Waals surface area contributed by atoms with Crippen LogP contribution in [0.2, 0.25) is 5.15 Å². The van der Waals surface area contributed by atoms with Gasteiger partial charge in [-0.3, -0.25) is 14.9 Å². The molecule has 0 saturated carbocycles. The first kappa shape index (κ1) is 27.2. The highest BCUT2D eigenvalue weighted by atomic mass is 35.5. The molecule has 204 valence electrons. The molecule has 2 fully saturated rings. The Hall–Kier alpha value is -3.41. The second-order valence-corrected chi connectivity index (χ2v) is 11.0. The number of carbonyl (C=O) groups excluding carboxylic acids is 1. The van der Waals surface area contributed by atoms with E-state index in [2.05, 4.69) is 26.7 Å². The molecule has 2 aliphatic heterocycles. The van der Waals surface area contributed by atoms with Gasteiger partial charge in [0.2, 0.25) is 0 Å². The average Bonchev–Trinajstić information content (AvgIpc) is 2.96.